The van der Waals surface area contributed by atoms with Crippen molar-refractivity contribution in [1.29, 1.82) is 0 Å². The van der Waals surface area contributed by atoms with E-state index in [0.29, 0.717) is 22.0 Å². The summed E-state index contributed by atoms with van der Waals surface area (Å²) in [6, 6.07) is 13.1. The molecule has 0 unspecified atom stereocenters. The SMILES string of the molecule is COc1ccccc1CNC(=O)c1cnc2scc(-c3ccc(F)cc3)n2c1=O. The zero-order valence-electron chi connectivity index (χ0n) is 15.4. The van der Waals surface area contributed by atoms with E-state index in [1.165, 1.54) is 34.1 Å². The maximum atomic E-state index is 13.2. The molecule has 0 atom stereocenters. The second kappa shape index (κ2) is 7.84. The highest BCUT2D eigenvalue weighted by Gasteiger charge is 2.17. The summed E-state index contributed by atoms with van der Waals surface area (Å²) in [4.78, 5) is 30.3. The van der Waals surface area contributed by atoms with Gasteiger partial charge in [-0.15, -0.1) is 11.3 Å². The average molecular weight is 409 g/mol. The Kier molecular flexibility index (Phi) is 5.09. The lowest BCUT2D eigenvalue weighted by Gasteiger charge is -2.09. The normalized spacial score (nSPS) is 10.8. The van der Waals surface area contributed by atoms with E-state index in [1.54, 1.807) is 30.7 Å². The fourth-order valence-corrected chi connectivity index (χ4v) is 3.85. The molecule has 2 aromatic carbocycles. The summed E-state index contributed by atoms with van der Waals surface area (Å²) in [5.74, 6) is -0.247. The van der Waals surface area contributed by atoms with Crippen LogP contribution in [-0.2, 0) is 6.54 Å². The van der Waals surface area contributed by atoms with Crippen molar-refractivity contribution in [3.63, 3.8) is 0 Å². The summed E-state index contributed by atoms with van der Waals surface area (Å²) in [7, 11) is 1.55. The van der Waals surface area contributed by atoms with Gasteiger partial charge in [-0.2, -0.15) is 0 Å². The van der Waals surface area contributed by atoms with Crippen molar-refractivity contribution >= 4 is 22.2 Å². The summed E-state index contributed by atoms with van der Waals surface area (Å²) < 4.78 is 19.9. The van der Waals surface area contributed by atoms with Gasteiger partial charge in [0, 0.05) is 23.7 Å². The van der Waals surface area contributed by atoms with E-state index < -0.39 is 11.5 Å². The van der Waals surface area contributed by atoms with Crippen LogP contribution in [0.2, 0.25) is 0 Å². The van der Waals surface area contributed by atoms with Gasteiger partial charge in [0.15, 0.2) is 4.96 Å². The molecule has 0 aliphatic carbocycles. The maximum Gasteiger partial charge on any atom is 0.271 e. The zero-order chi connectivity index (χ0) is 20.4. The van der Waals surface area contributed by atoms with E-state index in [-0.39, 0.29) is 17.9 Å². The number of carbonyl (C=O) groups excluding carboxylic acids is 1. The van der Waals surface area contributed by atoms with Crippen molar-refractivity contribution in [2.75, 3.05) is 7.11 Å². The number of rotatable bonds is 5. The molecule has 0 aliphatic heterocycles. The standard InChI is InChI=1S/C21H16FN3O3S/c1-28-18-5-3-2-4-14(18)10-23-19(26)16-11-24-21-25(20(16)27)17(12-29-21)13-6-8-15(22)9-7-13/h2-9,11-12H,10H2,1H3,(H,23,26). The van der Waals surface area contributed by atoms with E-state index in [9.17, 15) is 14.0 Å². The van der Waals surface area contributed by atoms with Gasteiger partial charge in [-0.05, 0) is 35.9 Å². The molecule has 0 radical (unpaired) electrons. The molecular formula is C21H16FN3O3S. The molecule has 0 saturated carbocycles. The summed E-state index contributed by atoms with van der Waals surface area (Å²) in [5, 5.41) is 4.49. The predicted octanol–water partition coefficient (Wildman–Crippen LogP) is 3.50. The Bertz CT molecular complexity index is 1250. The third kappa shape index (κ3) is 3.62. The minimum absolute atomic E-state index is 0.0702. The molecule has 6 nitrogen and oxygen atoms in total. The molecule has 4 rings (SSSR count). The number of hydrogen-bond donors (Lipinski definition) is 1. The number of hydrogen-bond acceptors (Lipinski definition) is 5. The fourth-order valence-electron chi connectivity index (χ4n) is 2.99. The molecule has 29 heavy (non-hydrogen) atoms. The fraction of sp³-hybridized carbons (Fsp3) is 0.0952. The van der Waals surface area contributed by atoms with Crippen LogP contribution in [0.15, 0.2) is 64.9 Å². The van der Waals surface area contributed by atoms with Gasteiger partial charge in [-0.1, -0.05) is 18.2 Å². The molecule has 1 amide bonds. The van der Waals surface area contributed by atoms with Crippen LogP contribution >= 0.6 is 11.3 Å². The van der Waals surface area contributed by atoms with Crippen molar-refractivity contribution in [3.8, 4) is 17.0 Å². The number of halogens is 1. The Morgan fingerprint density at radius 3 is 2.72 bits per heavy atom. The predicted molar refractivity (Wildman–Crippen MR) is 109 cm³/mol. The van der Waals surface area contributed by atoms with Crippen LogP contribution in [0.1, 0.15) is 15.9 Å². The average Bonchev–Trinajstić information content (AvgIpc) is 3.18. The van der Waals surface area contributed by atoms with E-state index >= 15 is 0 Å². The highest BCUT2D eigenvalue weighted by Crippen LogP contribution is 2.24. The molecule has 0 aliphatic rings. The van der Waals surface area contributed by atoms with Crippen molar-refractivity contribution in [2.24, 2.45) is 0 Å². The van der Waals surface area contributed by atoms with Gasteiger partial charge in [0.2, 0.25) is 0 Å². The molecule has 0 spiro atoms. The minimum Gasteiger partial charge on any atom is -0.496 e. The number of amides is 1. The summed E-state index contributed by atoms with van der Waals surface area (Å²) in [5.41, 5.74) is 1.46. The summed E-state index contributed by atoms with van der Waals surface area (Å²) in [6.07, 6.45) is 1.28. The van der Waals surface area contributed by atoms with Gasteiger partial charge in [0.1, 0.15) is 17.1 Å². The number of benzene rings is 2. The minimum atomic E-state index is -0.529. The van der Waals surface area contributed by atoms with Crippen LogP contribution in [0.4, 0.5) is 4.39 Å². The molecular weight excluding hydrogens is 393 g/mol. The van der Waals surface area contributed by atoms with E-state index in [1.807, 2.05) is 18.2 Å². The molecule has 0 saturated heterocycles. The topological polar surface area (TPSA) is 72.7 Å². The van der Waals surface area contributed by atoms with Gasteiger partial charge >= 0.3 is 0 Å². The quantitative estimate of drug-likeness (QED) is 0.548. The Labute approximate surface area is 169 Å². The zero-order valence-corrected chi connectivity index (χ0v) is 16.2. The highest BCUT2D eigenvalue weighted by molar-refractivity contribution is 7.15. The first kappa shape index (κ1) is 18.8. The number of nitrogens with one attached hydrogen (secondary N) is 1. The second-order valence-corrected chi connectivity index (χ2v) is 7.05. The number of nitrogens with zero attached hydrogens (tertiary/aromatic N) is 2. The number of ether oxygens (including phenoxy) is 1. The van der Waals surface area contributed by atoms with Crippen LogP contribution in [0.25, 0.3) is 16.2 Å². The molecule has 8 heteroatoms. The molecule has 1 N–H and O–H groups in total. The lowest BCUT2D eigenvalue weighted by molar-refractivity contribution is 0.0948. The van der Waals surface area contributed by atoms with Gasteiger partial charge in [0.05, 0.1) is 12.8 Å². The monoisotopic (exact) mass is 409 g/mol. The largest absolute Gasteiger partial charge is 0.496 e. The van der Waals surface area contributed by atoms with Gasteiger partial charge in [0.25, 0.3) is 11.5 Å². The van der Waals surface area contributed by atoms with Crippen molar-refractivity contribution < 1.29 is 13.9 Å². The number of para-hydroxylation sites is 1. The molecule has 2 heterocycles. The second-order valence-electron chi connectivity index (χ2n) is 6.22. The first-order valence-electron chi connectivity index (χ1n) is 8.74. The van der Waals surface area contributed by atoms with Crippen LogP contribution in [-0.4, -0.2) is 22.4 Å². The van der Waals surface area contributed by atoms with E-state index in [2.05, 4.69) is 10.3 Å². The van der Waals surface area contributed by atoms with E-state index in [4.69, 9.17) is 4.74 Å². The number of fused-ring (bicyclic) bond motifs is 1. The van der Waals surface area contributed by atoms with Crippen LogP contribution in [0.3, 0.4) is 0 Å². The maximum absolute atomic E-state index is 13.2. The Hall–Kier alpha value is -3.52. The highest BCUT2D eigenvalue weighted by atomic mass is 32.1. The summed E-state index contributed by atoms with van der Waals surface area (Å²) in [6.45, 7) is 0.208. The molecule has 146 valence electrons. The number of carbonyl (C=O) groups is 1. The lowest BCUT2D eigenvalue weighted by atomic mass is 10.1. The lowest BCUT2D eigenvalue weighted by Crippen LogP contribution is -2.31. The molecule has 4 aromatic rings. The van der Waals surface area contributed by atoms with Gasteiger partial charge < -0.3 is 10.1 Å². The smallest absolute Gasteiger partial charge is 0.271 e. The van der Waals surface area contributed by atoms with Crippen molar-refractivity contribution in [3.05, 3.63) is 87.4 Å². The van der Waals surface area contributed by atoms with E-state index in [0.717, 1.165) is 5.56 Å². The molecule has 0 bridgehead atoms. The first-order chi connectivity index (χ1) is 14.1. The summed E-state index contributed by atoms with van der Waals surface area (Å²) >= 11 is 1.27. The Morgan fingerprint density at radius 1 is 1.21 bits per heavy atom. The number of aromatic nitrogens is 2. The van der Waals surface area contributed by atoms with Crippen LogP contribution < -0.4 is 15.6 Å². The third-order valence-corrected chi connectivity index (χ3v) is 5.30. The Balaban J connectivity index is 1.66. The first-order valence-corrected chi connectivity index (χ1v) is 9.61. The van der Waals surface area contributed by atoms with Crippen molar-refractivity contribution in [1.82, 2.24) is 14.7 Å². The number of thiazole rings is 1. The molecule has 2 aromatic heterocycles. The van der Waals surface area contributed by atoms with Crippen molar-refractivity contribution in [2.45, 2.75) is 6.54 Å². The Morgan fingerprint density at radius 2 is 1.97 bits per heavy atom. The van der Waals surface area contributed by atoms with Crippen LogP contribution in [0.5, 0.6) is 5.75 Å². The van der Waals surface area contributed by atoms with Gasteiger partial charge in [-0.3, -0.25) is 14.0 Å². The van der Waals surface area contributed by atoms with Gasteiger partial charge in [-0.25, -0.2) is 9.37 Å². The third-order valence-electron chi connectivity index (χ3n) is 4.46. The van der Waals surface area contributed by atoms with Crippen LogP contribution in [0, 0.1) is 5.82 Å². The molecule has 0 fully saturated rings. The number of methoxy groups -OCH3 is 1.